The van der Waals surface area contributed by atoms with E-state index in [1.807, 2.05) is 26.2 Å². The number of fused-ring (bicyclic) bond motifs is 1. The molecular formula is C21H24FN5OS. The van der Waals surface area contributed by atoms with Crippen molar-refractivity contribution < 1.29 is 9.18 Å². The molecule has 2 unspecified atom stereocenters. The van der Waals surface area contributed by atoms with Gasteiger partial charge in [0.1, 0.15) is 17.6 Å². The van der Waals surface area contributed by atoms with Crippen LogP contribution in [0, 0.1) is 23.1 Å². The number of nitriles is 1. The van der Waals surface area contributed by atoms with E-state index < -0.39 is 16.7 Å². The summed E-state index contributed by atoms with van der Waals surface area (Å²) in [4.78, 5) is 14.0. The molecule has 1 amide bonds. The summed E-state index contributed by atoms with van der Waals surface area (Å²) in [5.74, 6) is -0.555. The lowest BCUT2D eigenvalue weighted by atomic mass is 10.0. The summed E-state index contributed by atoms with van der Waals surface area (Å²) < 4.78 is 23.6. The number of aryl methyl sites for hydroxylation is 1. The molecule has 6 nitrogen and oxygen atoms in total. The minimum absolute atomic E-state index is 0.110. The molecule has 0 aliphatic carbocycles. The Bertz CT molecular complexity index is 1050. The van der Waals surface area contributed by atoms with Crippen LogP contribution in [0.15, 0.2) is 39.7 Å². The molecule has 1 aliphatic rings. The number of aromatic nitrogens is 1. The van der Waals surface area contributed by atoms with E-state index in [1.54, 1.807) is 10.6 Å². The Balaban J connectivity index is 2.01. The summed E-state index contributed by atoms with van der Waals surface area (Å²) in [5.41, 5.74) is 1.58. The molecule has 2 N–H and O–H groups in total. The molecule has 0 spiro atoms. The van der Waals surface area contributed by atoms with Gasteiger partial charge in [-0.1, -0.05) is 26.0 Å². The van der Waals surface area contributed by atoms with Crippen molar-refractivity contribution in [3.63, 3.8) is 0 Å². The molecule has 152 valence electrons. The number of benzene rings is 1. The highest BCUT2D eigenvalue weighted by atomic mass is 32.2. The average molecular weight is 414 g/mol. The van der Waals surface area contributed by atoms with E-state index in [-0.39, 0.29) is 17.5 Å². The maximum absolute atomic E-state index is 13.6. The molecule has 29 heavy (non-hydrogen) atoms. The van der Waals surface area contributed by atoms with Crippen LogP contribution in [0.1, 0.15) is 42.4 Å². The number of anilines is 1. The van der Waals surface area contributed by atoms with Gasteiger partial charge in [-0.2, -0.15) is 5.26 Å². The Labute approximate surface area is 172 Å². The second-order valence-corrected chi connectivity index (χ2v) is 8.61. The van der Waals surface area contributed by atoms with E-state index in [0.717, 1.165) is 10.5 Å². The molecule has 1 aliphatic heterocycles. The highest BCUT2D eigenvalue weighted by molar-refractivity contribution is 7.85. The zero-order chi connectivity index (χ0) is 21.1. The Morgan fingerprint density at radius 3 is 2.90 bits per heavy atom. The van der Waals surface area contributed by atoms with Crippen molar-refractivity contribution in [1.29, 1.82) is 5.26 Å². The highest BCUT2D eigenvalue weighted by Crippen LogP contribution is 2.27. The second kappa shape index (κ2) is 8.72. The predicted molar refractivity (Wildman–Crippen MR) is 114 cm³/mol. The first kappa shape index (κ1) is 21.0. The van der Waals surface area contributed by atoms with Crippen molar-refractivity contribution in [2.75, 3.05) is 11.9 Å². The van der Waals surface area contributed by atoms with Crippen LogP contribution in [0.25, 0.3) is 6.08 Å². The molecule has 2 atom stereocenters. The fourth-order valence-corrected chi connectivity index (χ4v) is 4.96. The number of carbonyl (C=O) groups excluding carboxylic acids is 1. The lowest BCUT2D eigenvalue weighted by Crippen LogP contribution is -2.32. The summed E-state index contributed by atoms with van der Waals surface area (Å²) >= 11 is 0. The zero-order valence-corrected chi connectivity index (χ0v) is 17.7. The van der Waals surface area contributed by atoms with Crippen LogP contribution in [0.3, 0.4) is 0 Å². The van der Waals surface area contributed by atoms with Gasteiger partial charge >= 0.3 is 0 Å². The number of amides is 1. The van der Waals surface area contributed by atoms with E-state index in [1.165, 1.54) is 18.2 Å². The normalized spacial score (nSPS) is 18.4. The molecule has 2 heterocycles. The maximum atomic E-state index is 13.6. The molecule has 3 rings (SSSR count). The smallest absolute Gasteiger partial charge is 0.272 e. The zero-order valence-electron chi connectivity index (χ0n) is 16.9. The third-order valence-corrected chi connectivity index (χ3v) is 6.40. The van der Waals surface area contributed by atoms with E-state index in [0.29, 0.717) is 23.8 Å². The van der Waals surface area contributed by atoms with Gasteiger partial charge < -0.3 is 9.88 Å². The molecule has 0 saturated heterocycles. The number of carbonyl (C=O) groups is 1. The molecule has 8 heteroatoms. The van der Waals surface area contributed by atoms with Crippen LogP contribution in [0.4, 0.5) is 10.1 Å². The van der Waals surface area contributed by atoms with Gasteiger partial charge in [0.15, 0.2) is 0 Å². The van der Waals surface area contributed by atoms with Crippen LogP contribution in [0.2, 0.25) is 0 Å². The van der Waals surface area contributed by atoms with Crippen molar-refractivity contribution in [2.45, 2.75) is 31.7 Å². The topological polar surface area (TPSA) is 82.2 Å². The average Bonchev–Trinajstić information content (AvgIpc) is 2.91. The molecular weight excluding hydrogens is 389 g/mol. The number of nitrogens with zero attached hydrogens (tertiary/aromatic N) is 3. The minimum atomic E-state index is -0.614. The lowest BCUT2D eigenvalue weighted by Gasteiger charge is -2.18. The summed E-state index contributed by atoms with van der Waals surface area (Å²) in [7, 11) is 1.29. The first-order chi connectivity index (χ1) is 13.8. The Morgan fingerprint density at radius 2 is 2.24 bits per heavy atom. The summed E-state index contributed by atoms with van der Waals surface area (Å²) in [6.07, 6.45) is 5.98. The van der Waals surface area contributed by atoms with E-state index >= 15 is 0 Å². The fourth-order valence-electron chi connectivity index (χ4n) is 3.12. The Morgan fingerprint density at radius 1 is 1.48 bits per heavy atom. The predicted octanol–water partition coefficient (Wildman–Crippen LogP) is 4.02. The van der Waals surface area contributed by atoms with Crippen molar-refractivity contribution in [1.82, 2.24) is 9.29 Å². The SMILES string of the molecule is CCN=S1NC(C(C)C)C=Cc2c1cn(C)c2C(=O)Nc1ccc(F)c(C#N)c1. The standard InChI is InChI=1S/C21H24FN5OS/c1-5-24-29-19-12-27(4)20(16(19)7-9-18(26-29)13(2)3)21(28)25-15-6-8-17(22)14(10-15)11-23/h6-10,12-13,18H,5H2,1-4H3,(H,24,26)(H,25,28). The van der Waals surface area contributed by atoms with Gasteiger partial charge in [-0.05, 0) is 31.0 Å². The van der Waals surface area contributed by atoms with Gasteiger partial charge in [0, 0.05) is 48.0 Å². The largest absolute Gasteiger partial charge is 0.345 e. The summed E-state index contributed by atoms with van der Waals surface area (Å²) in [6, 6.07) is 5.89. The van der Waals surface area contributed by atoms with E-state index in [2.05, 4.69) is 30.0 Å². The number of halogens is 1. The van der Waals surface area contributed by atoms with Gasteiger partial charge in [-0.3, -0.25) is 4.79 Å². The fraction of sp³-hybridized carbons (Fsp3) is 0.333. The van der Waals surface area contributed by atoms with E-state index in [9.17, 15) is 9.18 Å². The monoisotopic (exact) mass is 413 g/mol. The van der Waals surface area contributed by atoms with Crippen LogP contribution < -0.4 is 10.0 Å². The molecule has 1 aromatic heterocycles. The molecule has 0 fully saturated rings. The minimum Gasteiger partial charge on any atom is -0.345 e. The first-order valence-corrected chi connectivity index (χ1v) is 10.6. The second-order valence-electron chi connectivity index (χ2n) is 7.10. The number of nitrogens with one attached hydrogen (secondary N) is 2. The van der Waals surface area contributed by atoms with Crippen LogP contribution >= 0.6 is 0 Å². The lowest BCUT2D eigenvalue weighted by molar-refractivity contribution is 0.101. The van der Waals surface area contributed by atoms with Gasteiger partial charge in [0.2, 0.25) is 0 Å². The molecule has 1 aromatic carbocycles. The maximum Gasteiger partial charge on any atom is 0.272 e. The van der Waals surface area contributed by atoms with Crippen molar-refractivity contribution in [3.8, 4) is 6.07 Å². The summed E-state index contributed by atoms with van der Waals surface area (Å²) in [5, 5.41) is 11.8. The third-order valence-electron chi connectivity index (χ3n) is 4.65. The van der Waals surface area contributed by atoms with E-state index in [4.69, 9.17) is 9.62 Å². The van der Waals surface area contributed by atoms with Crippen LogP contribution in [0.5, 0.6) is 0 Å². The van der Waals surface area contributed by atoms with Gasteiger partial charge in [0.25, 0.3) is 5.91 Å². The quantitative estimate of drug-likeness (QED) is 0.794. The highest BCUT2D eigenvalue weighted by Gasteiger charge is 2.25. The van der Waals surface area contributed by atoms with Gasteiger partial charge in [-0.25, -0.2) is 13.5 Å². The molecule has 2 aromatic rings. The Hall–Kier alpha value is -2.76. The number of rotatable bonds is 4. The molecule has 0 bridgehead atoms. The van der Waals surface area contributed by atoms with Crippen molar-refractivity contribution >= 4 is 28.5 Å². The van der Waals surface area contributed by atoms with Gasteiger partial charge in [0.05, 0.1) is 10.5 Å². The molecule has 0 saturated carbocycles. The van der Waals surface area contributed by atoms with Crippen molar-refractivity contribution in [3.05, 3.63) is 53.1 Å². The molecule has 0 radical (unpaired) electrons. The van der Waals surface area contributed by atoms with Crippen molar-refractivity contribution in [2.24, 2.45) is 17.3 Å². The van der Waals surface area contributed by atoms with Crippen LogP contribution in [-0.2, 0) is 17.9 Å². The first-order valence-electron chi connectivity index (χ1n) is 9.42. The number of hydrogen-bond donors (Lipinski definition) is 2. The summed E-state index contributed by atoms with van der Waals surface area (Å²) in [6.45, 7) is 6.94. The van der Waals surface area contributed by atoms with Crippen LogP contribution in [-0.4, -0.2) is 23.1 Å². The van der Waals surface area contributed by atoms with Gasteiger partial charge in [-0.15, -0.1) is 0 Å². The number of hydrogen-bond acceptors (Lipinski definition) is 3. The Kier molecular flexibility index (Phi) is 6.30. The third kappa shape index (κ3) is 4.31.